The van der Waals surface area contributed by atoms with Crippen molar-refractivity contribution in [1.82, 2.24) is 19.5 Å². The molecule has 2 aromatic rings. The van der Waals surface area contributed by atoms with E-state index in [-0.39, 0.29) is 17.7 Å². The van der Waals surface area contributed by atoms with Crippen LogP contribution in [0.3, 0.4) is 0 Å². The molecule has 10 heteroatoms. The first-order valence-corrected chi connectivity index (χ1v) is 7.09. The Morgan fingerprint density at radius 1 is 1.50 bits per heavy atom. The number of thioether (sulfide) groups is 1. The van der Waals surface area contributed by atoms with Crippen LogP contribution in [0.1, 0.15) is 5.37 Å². The minimum atomic E-state index is -1.55. The molecule has 0 amide bonds. The van der Waals surface area contributed by atoms with Crippen LogP contribution < -0.4 is 5.73 Å². The maximum absolute atomic E-state index is 14.2. The lowest BCUT2D eigenvalue weighted by molar-refractivity contribution is 0.0642. The fraction of sp³-hybridized carbons (Fsp3) is 0.500. The van der Waals surface area contributed by atoms with Gasteiger partial charge in [-0.05, 0) is 0 Å². The lowest BCUT2D eigenvalue weighted by Gasteiger charge is -2.15. The zero-order valence-corrected chi connectivity index (χ0v) is 11.6. The van der Waals surface area contributed by atoms with Gasteiger partial charge in [0.15, 0.2) is 17.0 Å². The molecule has 0 unspecified atom stereocenters. The number of rotatable bonds is 2. The standard InChI is InChI=1S/C10H11ClFN5O2S/c11-7-5-8(16-10(13)15-7)17(2-14-5)9-4(12)6(19)3(1-18)20-9/h2-4,6,9,18-19H,1H2,(H2,13,15,16)/t3-,4+,6+,9-/m0/s1. The molecule has 0 aliphatic carbocycles. The number of aromatic nitrogens is 4. The highest BCUT2D eigenvalue weighted by molar-refractivity contribution is 8.00. The van der Waals surface area contributed by atoms with Crippen LogP contribution >= 0.6 is 23.4 Å². The molecule has 0 saturated carbocycles. The van der Waals surface area contributed by atoms with Crippen LogP contribution in [0.2, 0.25) is 5.15 Å². The molecule has 0 bridgehead atoms. The van der Waals surface area contributed by atoms with Gasteiger partial charge in [-0.2, -0.15) is 9.97 Å². The van der Waals surface area contributed by atoms with E-state index in [0.29, 0.717) is 11.2 Å². The van der Waals surface area contributed by atoms with Gasteiger partial charge in [-0.25, -0.2) is 9.37 Å². The number of hydrogen-bond donors (Lipinski definition) is 3. The number of nitrogen functional groups attached to an aromatic ring is 1. The van der Waals surface area contributed by atoms with E-state index < -0.39 is 22.9 Å². The molecular weight excluding hydrogens is 309 g/mol. The summed E-state index contributed by atoms with van der Waals surface area (Å²) in [5, 5.41) is 17.6. The van der Waals surface area contributed by atoms with Gasteiger partial charge in [0, 0.05) is 0 Å². The van der Waals surface area contributed by atoms with Gasteiger partial charge in [-0.1, -0.05) is 11.6 Å². The van der Waals surface area contributed by atoms with E-state index >= 15 is 0 Å². The van der Waals surface area contributed by atoms with Crippen molar-refractivity contribution < 1.29 is 14.6 Å². The van der Waals surface area contributed by atoms with E-state index in [4.69, 9.17) is 22.4 Å². The van der Waals surface area contributed by atoms with Crippen LogP contribution in [0.5, 0.6) is 0 Å². The molecule has 0 aromatic carbocycles. The maximum Gasteiger partial charge on any atom is 0.223 e. The van der Waals surface area contributed by atoms with E-state index in [1.54, 1.807) is 0 Å². The van der Waals surface area contributed by atoms with Gasteiger partial charge < -0.3 is 15.9 Å². The summed E-state index contributed by atoms with van der Waals surface area (Å²) in [6, 6.07) is 0. The summed E-state index contributed by atoms with van der Waals surface area (Å²) in [6.45, 7) is -0.312. The number of hydrogen-bond acceptors (Lipinski definition) is 7. The van der Waals surface area contributed by atoms with Crippen LogP contribution in [0.15, 0.2) is 6.33 Å². The average molecular weight is 320 g/mol. The van der Waals surface area contributed by atoms with Crippen LogP contribution in [0.4, 0.5) is 10.3 Å². The third kappa shape index (κ3) is 2.01. The van der Waals surface area contributed by atoms with Crippen molar-refractivity contribution in [2.75, 3.05) is 12.3 Å². The molecule has 2 aromatic heterocycles. The molecule has 0 spiro atoms. The molecule has 3 heterocycles. The highest BCUT2D eigenvalue weighted by Crippen LogP contribution is 2.44. The van der Waals surface area contributed by atoms with Gasteiger partial charge >= 0.3 is 0 Å². The summed E-state index contributed by atoms with van der Waals surface area (Å²) in [6.07, 6.45) is -1.42. The van der Waals surface area contributed by atoms with Crippen LogP contribution in [-0.2, 0) is 0 Å². The molecule has 1 saturated heterocycles. The van der Waals surface area contributed by atoms with Crippen molar-refractivity contribution in [3.8, 4) is 0 Å². The number of alkyl halides is 1. The Labute approximate surface area is 122 Å². The Bertz CT molecular complexity index is 656. The molecule has 3 rings (SSSR count). The Kier molecular flexibility index (Phi) is 3.44. The molecule has 4 N–H and O–H groups in total. The Hall–Kier alpha value is -1.16. The summed E-state index contributed by atoms with van der Waals surface area (Å²) < 4.78 is 15.6. The van der Waals surface area contributed by atoms with Crippen LogP contribution in [0.25, 0.3) is 11.2 Å². The minimum Gasteiger partial charge on any atom is -0.395 e. The molecular formula is C10H11ClFN5O2S. The lowest BCUT2D eigenvalue weighted by Crippen LogP contribution is -2.29. The van der Waals surface area contributed by atoms with Gasteiger partial charge in [0.25, 0.3) is 0 Å². The second-order valence-corrected chi connectivity index (χ2v) is 6.10. The quantitative estimate of drug-likeness (QED) is 0.686. The van der Waals surface area contributed by atoms with Crippen LogP contribution in [0, 0.1) is 0 Å². The van der Waals surface area contributed by atoms with Crippen molar-refractivity contribution in [1.29, 1.82) is 0 Å². The first-order chi connectivity index (χ1) is 9.52. The number of aliphatic hydroxyl groups is 2. The lowest BCUT2D eigenvalue weighted by atomic mass is 10.1. The molecule has 1 aliphatic rings. The van der Waals surface area contributed by atoms with Crippen molar-refractivity contribution in [3.63, 3.8) is 0 Å². The van der Waals surface area contributed by atoms with Crippen molar-refractivity contribution >= 4 is 40.5 Å². The Balaban J connectivity index is 2.07. The van der Waals surface area contributed by atoms with E-state index in [1.165, 1.54) is 10.9 Å². The van der Waals surface area contributed by atoms with Gasteiger partial charge in [-0.3, -0.25) is 4.57 Å². The number of anilines is 1. The molecule has 1 fully saturated rings. The largest absolute Gasteiger partial charge is 0.395 e. The first-order valence-electron chi connectivity index (χ1n) is 5.77. The molecule has 20 heavy (non-hydrogen) atoms. The normalized spacial score (nSPS) is 30.2. The predicted molar refractivity (Wildman–Crippen MR) is 73.2 cm³/mol. The predicted octanol–water partition coefficient (Wildman–Crippen LogP) is 0.367. The van der Waals surface area contributed by atoms with E-state index in [9.17, 15) is 9.50 Å². The smallest absolute Gasteiger partial charge is 0.223 e. The number of fused-ring (bicyclic) bond motifs is 1. The monoisotopic (exact) mass is 319 g/mol. The molecule has 0 radical (unpaired) electrons. The fourth-order valence-corrected chi connectivity index (χ4v) is 3.73. The molecule has 7 nitrogen and oxygen atoms in total. The second-order valence-electron chi connectivity index (χ2n) is 4.38. The summed E-state index contributed by atoms with van der Waals surface area (Å²) in [4.78, 5) is 11.8. The zero-order valence-electron chi connectivity index (χ0n) is 10.0. The van der Waals surface area contributed by atoms with Gasteiger partial charge in [0.1, 0.15) is 17.0 Å². The minimum absolute atomic E-state index is 0.0399. The van der Waals surface area contributed by atoms with Crippen molar-refractivity contribution in [2.45, 2.75) is 22.9 Å². The zero-order chi connectivity index (χ0) is 14.4. The van der Waals surface area contributed by atoms with Crippen molar-refractivity contribution in [2.24, 2.45) is 0 Å². The van der Waals surface area contributed by atoms with E-state index in [2.05, 4.69) is 15.0 Å². The summed E-state index contributed by atoms with van der Waals surface area (Å²) in [5.74, 6) is -0.0399. The summed E-state index contributed by atoms with van der Waals surface area (Å²) >= 11 is 7.02. The van der Waals surface area contributed by atoms with E-state index in [0.717, 1.165) is 11.8 Å². The number of nitrogens with two attached hydrogens (primary N) is 1. The summed E-state index contributed by atoms with van der Waals surface area (Å²) in [7, 11) is 0. The Morgan fingerprint density at radius 2 is 2.25 bits per heavy atom. The number of halogens is 2. The summed E-state index contributed by atoms with van der Waals surface area (Å²) in [5.41, 5.74) is 6.14. The molecule has 1 aliphatic heterocycles. The fourth-order valence-electron chi connectivity index (χ4n) is 2.16. The van der Waals surface area contributed by atoms with Gasteiger partial charge in [0.2, 0.25) is 5.95 Å². The number of nitrogens with zero attached hydrogens (tertiary/aromatic N) is 4. The molecule has 108 valence electrons. The topological polar surface area (TPSA) is 110 Å². The SMILES string of the molecule is Nc1nc(Cl)c2ncn([C@H]3S[C@@H](CO)[C@@H](O)[C@H]3F)c2n1. The highest BCUT2D eigenvalue weighted by atomic mass is 35.5. The van der Waals surface area contributed by atoms with E-state index in [1.807, 2.05) is 0 Å². The van der Waals surface area contributed by atoms with Crippen LogP contribution in [-0.4, -0.2) is 53.9 Å². The molecule has 4 atom stereocenters. The van der Waals surface area contributed by atoms with Gasteiger partial charge in [0.05, 0.1) is 18.2 Å². The first kappa shape index (κ1) is 13.8. The Morgan fingerprint density at radius 3 is 2.90 bits per heavy atom. The number of imidazole rings is 1. The van der Waals surface area contributed by atoms with Crippen molar-refractivity contribution in [3.05, 3.63) is 11.5 Å². The third-order valence-corrected chi connectivity index (χ3v) is 4.95. The number of aliphatic hydroxyl groups excluding tert-OH is 2. The average Bonchev–Trinajstić information content (AvgIpc) is 2.93. The highest BCUT2D eigenvalue weighted by Gasteiger charge is 2.45. The van der Waals surface area contributed by atoms with Gasteiger partial charge in [-0.15, -0.1) is 11.8 Å². The third-order valence-electron chi connectivity index (χ3n) is 3.14. The maximum atomic E-state index is 14.2. The second kappa shape index (κ2) is 4.99.